The molecule has 0 aromatic carbocycles. The zero-order valence-corrected chi connectivity index (χ0v) is 11.2. The second-order valence-electron chi connectivity index (χ2n) is 1.94. The summed E-state index contributed by atoms with van der Waals surface area (Å²) in [6, 6.07) is 0. The monoisotopic (exact) mass is 368 g/mol. The molecule has 0 aromatic heterocycles. The first kappa shape index (κ1) is 21.1. The molecule has 0 saturated heterocycles. The molecule has 0 N–H and O–H groups in total. The van der Waals surface area contributed by atoms with E-state index in [-0.39, 0.29) is 41.7 Å². The van der Waals surface area contributed by atoms with Crippen LogP contribution in [0, 0.1) is 41.7 Å². The van der Waals surface area contributed by atoms with Crippen molar-refractivity contribution in [2.75, 3.05) is 0 Å². The average molecular weight is 368 g/mol. The van der Waals surface area contributed by atoms with Gasteiger partial charge in [0.25, 0.3) is 0 Å². The van der Waals surface area contributed by atoms with Crippen LogP contribution in [-0.2, 0) is 19.2 Å². The Bertz CT molecular complexity index is 277. The molecule has 0 radical (unpaired) electrons. The van der Waals surface area contributed by atoms with E-state index in [0.29, 0.717) is 24.3 Å². The number of carboxylic acid groups (broad SMARTS) is 4. The van der Waals surface area contributed by atoms with Crippen LogP contribution >= 0.6 is 0 Å². The minimum Gasteiger partial charge on any atom is -0.545 e. The molecule has 0 fully saturated rings. The van der Waals surface area contributed by atoms with E-state index in [9.17, 15) is 39.6 Å². The first-order valence-corrected chi connectivity index (χ1v) is 3.45. The molecule has 0 aliphatic heterocycles. The standard InChI is InChI=1S/2C4H4O4.Ce/c2*5-3(6)1-2-4(7)8;/h2*1-2H,(H,5,6)(H,7,8);/q;;+4/p-4/b2-1+;2-1-;. The smallest absolute Gasteiger partial charge is 0.545 e. The Morgan fingerprint density at radius 2 is 0.647 bits per heavy atom. The summed E-state index contributed by atoms with van der Waals surface area (Å²) in [6.07, 6.45) is 1.54. The van der Waals surface area contributed by atoms with Crippen molar-refractivity contribution < 1.29 is 81.4 Å². The third-order valence-electron chi connectivity index (χ3n) is 0.711. The van der Waals surface area contributed by atoms with E-state index in [1.807, 2.05) is 0 Å². The minimum atomic E-state index is -1.55. The van der Waals surface area contributed by atoms with Gasteiger partial charge in [-0.1, -0.05) is 0 Å². The molecule has 0 heterocycles. The van der Waals surface area contributed by atoms with Gasteiger partial charge in [-0.25, -0.2) is 0 Å². The Labute approximate surface area is 129 Å². The summed E-state index contributed by atoms with van der Waals surface area (Å²) in [4.78, 5) is 37.7. The summed E-state index contributed by atoms with van der Waals surface area (Å²) in [5, 5.41) is 37.7. The van der Waals surface area contributed by atoms with Gasteiger partial charge >= 0.3 is 41.7 Å². The van der Waals surface area contributed by atoms with Gasteiger partial charge in [0, 0.05) is 0 Å². The third kappa shape index (κ3) is 31.3. The maximum Gasteiger partial charge on any atom is 4.00 e. The molecule has 0 unspecified atom stereocenters. The number of carboxylic acids is 4. The SMILES string of the molecule is O=C([O-])/C=C/C(=O)[O-].O=C([O-])/C=C\C(=O)[O-].[Ce+4]. The Balaban J connectivity index is -0.000000218. The van der Waals surface area contributed by atoms with Crippen LogP contribution in [0.4, 0.5) is 0 Å². The quantitative estimate of drug-likeness (QED) is 0.443. The van der Waals surface area contributed by atoms with Crippen LogP contribution < -0.4 is 20.4 Å². The molecule has 0 saturated carbocycles. The minimum absolute atomic E-state index is 0. The van der Waals surface area contributed by atoms with Crippen molar-refractivity contribution >= 4 is 23.9 Å². The molecule has 0 bridgehead atoms. The Morgan fingerprint density at radius 3 is 0.706 bits per heavy atom. The van der Waals surface area contributed by atoms with Crippen LogP contribution in [0.15, 0.2) is 24.3 Å². The zero-order chi connectivity index (χ0) is 13.1. The van der Waals surface area contributed by atoms with E-state index in [0.717, 1.165) is 0 Å². The van der Waals surface area contributed by atoms with Crippen molar-refractivity contribution in [2.24, 2.45) is 0 Å². The van der Waals surface area contributed by atoms with Crippen LogP contribution in [-0.4, -0.2) is 23.9 Å². The number of hydrogen-bond acceptors (Lipinski definition) is 8. The number of hydrogen-bond donors (Lipinski definition) is 0. The first-order valence-electron chi connectivity index (χ1n) is 3.45. The Morgan fingerprint density at radius 1 is 0.529 bits per heavy atom. The van der Waals surface area contributed by atoms with Crippen LogP contribution in [0.5, 0.6) is 0 Å². The normalized spacial score (nSPS) is 8.94. The van der Waals surface area contributed by atoms with Gasteiger partial charge in [0.15, 0.2) is 0 Å². The molecule has 0 aromatic rings. The first-order chi connectivity index (χ1) is 7.25. The van der Waals surface area contributed by atoms with E-state index in [4.69, 9.17) is 0 Å². The van der Waals surface area contributed by atoms with E-state index in [2.05, 4.69) is 0 Å². The Hall–Kier alpha value is -1.26. The largest absolute Gasteiger partial charge is 4.00 e. The topological polar surface area (TPSA) is 161 Å². The average Bonchev–Trinajstić information content (AvgIpc) is 2.12. The summed E-state index contributed by atoms with van der Waals surface area (Å²) in [5.74, 6) is -6.19. The predicted molar refractivity (Wildman–Crippen MR) is 38.3 cm³/mol. The van der Waals surface area contributed by atoms with Gasteiger partial charge < -0.3 is 39.6 Å². The zero-order valence-electron chi connectivity index (χ0n) is 8.08. The molecule has 0 rings (SSSR count). The van der Waals surface area contributed by atoms with Crippen LogP contribution in [0.3, 0.4) is 0 Å². The van der Waals surface area contributed by atoms with E-state index >= 15 is 0 Å². The third-order valence-corrected chi connectivity index (χ3v) is 0.711. The van der Waals surface area contributed by atoms with Gasteiger partial charge in [0.05, 0.1) is 23.9 Å². The predicted octanol–water partition coefficient (Wildman–Crippen LogP) is -5.92. The van der Waals surface area contributed by atoms with Gasteiger partial charge in [-0.2, -0.15) is 0 Å². The molecule has 9 heteroatoms. The number of aliphatic carboxylic acids is 4. The second-order valence-corrected chi connectivity index (χ2v) is 1.94. The number of rotatable bonds is 4. The van der Waals surface area contributed by atoms with Gasteiger partial charge in [-0.3, -0.25) is 0 Å². The molecule has 0 amide bonds. The maximum absolute atomic E-state index is 9.41. The fourth-order valence-electron chi connectivity index (χ4n) is 0.272. The number of carbonyl (C=O) groups excluding carboxylic acids is 4. The molecule has 0 aliphatic rings. The molecular formula is C8H4CeO8. The van der Waals surface area contributed by atoms with E-state index in [1.54, 1.807) is 0 Å². The fourth-order valence-corrected chi connectivity index (χ4v) is 0.272. The molecule has 0 spiro atoms. The maximum atomic E-state index is 9.41. The molecule has 0 aliphatic carbocycles. The molecule has 17 heavy (non-hydrogen) atoms. The molecule has 88 valence electrons. The van der Waals surface area contributed by atoms with Gasteiger partial charge in [-0.15, -0.1) is 0 Å². The van der Waals surface area contributed by atoms with Crippen molar-refractivity contribution in [2.45, 2.75) is 0 Å². The molecular weight excluding hydrogens is 364 g/mol. The summed E-state index contributed by atoms with van der Waals surface area (Å²) in [6.45, 7) is 0. The van der Waals surface area contributed by atoms with Crippen molar-refractivity contribution in [1.29, 1.82) is 0 Å². The molecule has 8 nitrogen and oxygen atoms in total. The van der Waals surface area contributed by atoms with E-state index in [1.165, 1.54) is 0 Å². The second kappa shape index (κ2) is 12.8. The number of carbonyl (C=O) groups is 4. The summed E-state index contributed by atoms with van der Waals surface area (Å²) < 4.78 is 0. The van der Waals surface area contributed by atoms with Crippen LogP contribution in [0.1, 0.15) is 0 Å². The van der Waals surface area contributed by atoms with E-state index < -0.39 is 23.9 Å². The van der Waals surface area contributed by atoms with Crippen molar-refractivity contribution in [1.82, 2.24) is 0 Å². The van der Waals surface area contributed by atoms with Gasteiger partial charge in [0.2, 0.25) is 0 Å². The summed E-state index contributed by atoms with van der Waals surface area (Å²) >= 11 is 0. The van der Waals surface area contributed by atoms with Crippen molar-refractivity contribution in [3.63, 3.8) is 0 Å². The van der Waals surface area contributed by atoms with Crippen LogP contribution in [0.2, 0.25) is 0 Å². The van der Waals surface area contributed by atoms with Gasteiger partial charge in [0.1, 0.15) is 0 Å². The molecule has 0 atom stereocenters. The summed E-state index contributed by atoms with van der Waals surface area (Å²) in [5.41, 5.74) is 0. The van der Waals surface area contributed by atoms with Crippen molar-refractivity contribution in [3.05, 3.63) is 24.3 Å². The van der Waals surface area contributed by atoms with Gasteiger partial charge in [-0.05, 0) is 24.3 Å². The summed E-state index contributed by atoms with van der Waals surface area (Å²) in [7, 11) is 0. The van der Waals surface area contributed by atoms with Crippen LogP contribution in [0.25, 0.3) is 0 Å². The van der Waals surface area contributed by atoms with Crippen molar-refractivity contribution in [3.8, 4) is 0 Å². The Kier molecular flexibility index (Phi) is 15.9. The fraction of sp³-hybridized carbons (Fsp3) is 0.